The number of nitro benzene ring substituents is 1. The minimum Gasteiger partial charge on any atom is -0.298 e. The van der Waals surface area contributed by atoms with Gasteiger partial charge in [0.1, 0.15) is 5.02 Å². The number of aryl methyl sites for hydroxylation is 2. The van der Waals surface area contributed by atoms with Crippen molar-refractivity contribution in [3.8, 4) is 11.3 Å². The summed E-state index contributed by atoms with van der Waals surface area (Å²) in [4.78, 5) is 27.1. The number of nitrogens with one attached hydrogen (secondary N) is 1. The minimum atomic E-state index is -0.624. The van der Waals surface area contributed by atoms with E-state index in [9.17, 15) is 14.9 Å². The summed E-state index contributed by atoms with van der Waals surface area (Å²) in [6.07, 6.45) is 0. The van der Waals surface area contributed by atoms with Gasteiger partial charge in [-0.2, -0.15) is 0 Å². The minimum absolute atomic E-state index is 0.0157. The van der Waals surface area contributed by atoms with Gasteiger partial charge in [0, 0.05) is 22.6 Å². The van der Waals surface area contributed by atoms with E-state index in [1.54, 1.807) is 0 Å². The average Bonchev–Trinajstić information content (AvgIpc) is 3.05. The third-order valence-corrected chi connectivity index (χ3v) is 4.88. The quantitative estimate of drug-likeness (QED) is 0.490. The van der Waals surface area contributed by atoms with Crippen LogP contribution in [-0.4, -0.2) is 15.8 Å². The molecule has 26 heavy (non-hydrogen) atoms. The zero-order valence-electron chi connectivity index (χ0n) is 13.9. The number of rotatable bonds is 4. The van der Waals surface area contributed by atoms with Crippen molar-refractivity contribution in [3.63, 3.8) is 0 Å². The molecule has 0 aliphatic carbocycles. The lowest BCUT2D eigenvalue weighted by Crippen LogP contribution is -2.12. The Morgan fingerprint density at radius 3 is 2.73 bits per heavy atom. The van der Waals surface area contributed by atoms with Gasteiger partial charge in [-0.3, -0.25) is 20.2 Å². The number of carbonyl (C=O) groups excluding carboxylic acids is 1. The standard InChI is InChI=1S/C18H14ClN3O3S/c1-10-3-4-11(2)13(7-10)15-9-26-18(20-15)21-17(23)12-5-6-14(19)16(8-12)22(24)25/h3-9H,1-2H3,(H,20,21,23). The summed E-state index contributed by atoms with van der Waals surface area (Å²) < 4.78 is 0. The van der Waals surface area contributed by atoms with E-state index >= 15 is 0 Å². The molecule has 0 saturated carbocycles. The lowest BCUT2D eigenvalue weighted by atomic mass is 10.0. The van der Waals surface area contributed by atoms with E-state index in [-0.39, 0.29) is 16.3 Å². The van der Waals surface area contributed by atoms with Gasteiger partial charge in [0.2, 0.25) is 0 Å². The Kier molecular flexibility index (Phi) is 5.01. The predicted octanol–water partition coefficient (Wildman–Crippen LogP) is 5.24. The van der Waals surface area contributed by atoms with E-state index in [4.69, 9.17) is 11.6 Å². The van der Waals surface area contributed by atoms with Crippen LogP contribution < -0.4 is 5.32 Å². The Morgan fingerprint density at radius 1 is 1.23 bits per heavy atom. The highest BCUT2D eigenvalue weighted by atomic mass is 35.5. The Balaban J connectivity index is 1.83. The van der Waals surface area contributed by atoms with Crippen molar-refractivity contribution in [3.05, 3.63) is 73.6 Å². The molecule has 0 spiro atoms. The Hall–Kier alpha value is -2.77. The van der Waals surface area contributed by atoms with Gasteiger partial charge in [-0.25, -0.2) is 4.98 Å². The maximum absolute atomic E-state index is 12.4. The zero-order valence-corrected chi connectivity index (χ0v) is 15.5. The maximum Gasteiger partial charge on any atom is 0.288 e. The third-order valence-electron chi connectivity index (χ3n) is 3.80. The largest absolute Gasteiger partial charge is 0.298 e. The van der Waals surface area contributed by atoms with Crippen LogP contribution >= 0.6 is 22.9 Å². The van der Waals surface area contributed by atoms with Crippen LogP contribution in [0.25, 0.3) is 11.3 Å². The molecule has 8 heteroatoms. The first kappa shape index (κ1) is 18.0. The van der Waals surface area contributed by atoms with Crippen molar-refractivity contribution in [1.82, 2.24) is 4.98 Å². The molecule has 0 radical (unpaired) electrons. The molecule has 2 aromatic carbocycles. The molecule has 0 atom stereocenters. The zero-order chi connectivity index (χ0) is 18.8. The van der Waals surface area contributed by atoms with Gasteiger partial charge < -0.3 is 0 Å². The van der Waals surface area contributed by atoms with Gasteiger partial charge in [-0.05, 0) is 37.6 Å². The number of halogens is 1. The number of thiazole rings is 1. The number of anilines is 1. The van der Waals surface area contributed by atoms with Gasteiger partial charge in [-0.15, -0.1) is 11.3 Å². The maximum atomic E-state index is 12.4. The summed E-state index contributed by atoms with van der Waals surface area (Å²) in [6.45, 7) is 4.00. The molecule has 0 saturated heterocycles. The molecule has 1 N–H and O–H groups in total. The smallest absolute Gasteiger partial charge is 0.288 e. The Morgan fingerprint density at radius 2 is 2.00 bits per heavy atom. The van der Waals surface area contributed by atoms with E-state index in [2.05, 4.69) is 10.3 Å². The molecule has 0 aliphatic rings. The second-order valence-electron chi connectivity index (χ2n) is 5.73. The molecule has 1 amide bonds. The van der Waals surface area contributed by atoms with Crippen LogP contribution in [0.15, 0.2) is 41.8 Å². The van der Waals surface area contributed by atoms with Crippen LogP contribution in [0.4, 0.5) is 10.8 Å². The van der Waals surface area contributed by atoms with Crippen molar-refractivity contribution in [2.24, 2.45) is 0 Å². The second-order valence-corrected chi connectivity index (χ2v) is 7.00. The van der Waals surface area contributed by atoms with Crippen molar-refractivity contribution in [2.75, 3.05) is 5.32 Å². The number of carbonyl (C=O) groups is 1. The fourth-order valence-electron chi connectivity index (χ4n) is 2.43. The molecule has 0 fully saturated rings. The Bertz CT molecular complexity index is 1020. The summed E-state index contributed by atoms with van der Waals surface area (Å²) in [5.74, 6) is -0.480. The third kappa shape index (κ3) is 3.74. The van der Waals surface area contributed by atoms with Crippen LogP contribution in [-0.2, 0) is 0 Å². The molecular weight excluding hydrogens is 374 g/mol. The molecular formula is C18H14ClN3O3S. The topological polar surface area (TPSA) is 85.1 Å². The van der Waals surface area contributed by atoms with Gasteiger partial charge in [-0.1, -0.05) is 29.3 Å². The second kappa shape index (κ2) is 7.23. The summed E-state index contributed by atoms with van der Waals surface area (Å²) in [7, 11) is 0. The number of aromatic nitrogens is 1. The van der Waals surface area contributed by atoms with Crippen LogP contribution in [0.5, 0.6) is 0 Å². The number of hydrogen-bond acceptors (Lipinski definition) is 5. The monoisotopic (exact) mass is 387 g/mol. The van der Waals surface area contributed by atoms with E-state index in [1.165, 1.54) is 23.5 Å². The summed E-state index contributed by atoms with van der Waals surface area (Å²) in [5.41, 5.74) is 3.82. The molecule has 0 unspecified atom stereocenters. The highest BCUT2D eigenvalue weighted by Crippen LogP contribution is 2.29. The van der Waals surface area contributed by atoms with Crippen molar-refractivity contribution in [2.45, 2.75) is 13.8 Å². The molecule has 3 rings (SSSR count). The number of benzene rings is 2. The average molecular weight is 388 g/mol. The molecule has 0 bridgehead atoms. The molecule has 1 heterocycles. The first-order chi connectivity index (χ1) is 12.3. The predicted molar refractivity (Wildman–Crippen MR) is 103 cm³/mol. The van der Waals surface area contributed by atoms with Gasteiger partial charge in [0.25, 0.3) is 11.6 Å². The highest BCUT2D eigenvalue weighted by molar-refractivity contribution is 7.14. The normalized spacial score (nSPS) is 10.6. The fraction of sp³-hybridized carbons (Fsp3) is 0.111. The van der Waals surface area contributed by atoms with Crippen molar-refractivity contribution in [1.29, 1.82) is 0 Å². The summed E-state index contributed by atoms with van der Waals surface area (Å²) in [5, 5.41) is 15.9. The SMILES string of the molecule is Cc1ccc(C)c(-c2csc(NC(=O)c3ccc(Cl)c([N+](=O)[O-])c3)n2)c1. The van der Waals surface area contributed by atoms with Crippen LogP contribution in [0, 0.1) is 24.0 Å². The lowest BCUT2D eigenvalue weighted by molar-refractivity contribution is -0.384. The van der Waals surface area contributed by atoms with Crippen molar-refractivity contribution >= 4 is 39.7 Å². The van der Waals surface area contributed by atoms with Crippen LogP contribution in [0.1, 0.15) is 21.5 Å². The van der Waals surface area contributed by atoms with E-state index in [0.29, 0.717) is 5.13 Å². The van der Waals surface area contributed by atoms with Gasteiger partial charge >= 0.3 is 0 Å². The van der Waals surface area contributed by atoms with Gasteiger partial charge in [0.15, 0.2) is 5.13 Å². The molecule has 0 aliphatic heterocycles. The Labute approximate surface area is 158 Å². The lowest BCUT2D eigenvalue weighted by Gasteiger charge is -2.04. The summed E-state index contributed by atoms with van der Waals surface area (Å²) >= 11 is 7.06. The number of hydrogen-bond donors (Lipinski definition) is 1. The van der Waals surface area contributed by atoms with E-state index in [1.807, 2.05) is 37.4 Å². The number of amides is 1. The van der Waals surface area contributed by atoms with Crippen molar-refractivity contribution < 1.29 is 9.72 Å². The van der Waals surface area contributed by atoms with Crippen LogP contribution in [0.3, 0.4) is 0 Å². The van der Waals surface area contributed by atoms with E-state index in [0.717, 1.165) is 28.5 Å². The molecule has 6 nitrogen and oxygen atoms in total. The van der Waals surface area contributed by atoms with Gasteiger partial charge in [0.05, 0.1) is 10.6 Å². The van der Waals surface area contributed by atoms with E-state index < -0.39 is 10.8 Å². The first-order valence-electron chi connectivity index (χ1n) is 7.63. The number of nitro groups is 1. The number of nitrogens with zero attached hydrogens (tertiary/aromatic N) is 2. The highest BCUT2D eigenvalue weighted by Gasteiger charge is 2.17. The molecule has 3 aromatic rings. The fourth-order valence-corrected chi connectivity index (χ4v) is 3.32. The molecule has 132 valence electrons. The van der Waals surface area contributed by atoms with Crippen LogP contribution in [0.2, 0.25) is 5.02 Å². The first-order valence-corrected chi connectivity index (χ1v) is 8.89. The summed E-state index contributed by atoms with van der Waals surface area (Å²) in [6, 6.07) is 10.0. The molecule has 1 aromatic heterocycles.